The summed E-state index contributed by atoms with van der Waals surface area (Å²) < 4.78 is 13.2. The first-order valence-corrected chi connectivity index (χ1v) is 7.58. The molecule has 0 bridgehead atoms. The Balaban J connectivity index is 0.00000192. The van der Waals surface area contributed by atoms with Gasteiger partial charge in [0.25, 0.3) is 0 Å². The summed E-state index contributed by atoms with van der Waals surface area (Å²) >= 11 is 0. The Morgan fingerprint density at radius 2 is 2.04 bits per heavy atom. The van der Waals surface area contributed by atoms with Crippen LogP contribution in [0.3, 0.4) is 0 Å². The van der Waals surface area contributed by atoms with E-state index in [0.29, 0.717) is 0 Å². The van der Waals surface area contributed by atoms with E-state index in [0.717, 1.165) is 37.5 Å². The number of para-hydroxylation sites is 1. The molecule has 0 aliphatic carbocycles. The van der Waals surface area contributed by atoms with Gasteiger partial charge in [0, 0.05) is 25.8 Å². The maximum Gasteiger partial charge on any atom is 0.198 e. The van der Waals surface area contributed by atoms with E-state index in [2.05, 4.69) is 39.5 Å². The molecular formula is C18H21FIN3. The van der Waals surface area contributed by atoms with Crippen molar-refractivity contribution in [2.45, 2.75) is 12.8 Å². The van der Waals surface area contributed by atoms with Gasteiger partial charge in [-0.3, -0.25) is 4.99 Å². The smallest absolute Gasteiger partial charge is 0.198 e. The molecule has 3 rings (SSSR count). The van der Waals surface area contributed by atoms with Crippen LogP contribution in [0.25, 0.3) is 0 Å². The van der Waals surface area contributed by atoms with Crippen molar-refractivity contribution >= 4 is 35.6 Å². The molecule has 2 aromatic rings. The van der Waals surface area contributed by atoms with Crippen molar-refractivity contribution in [2.24, 2.45) is 4.99 Å². The molecule has 122 valence electrons. The Hall–Kier alpha value is -1.63. The second-order valence-electron chi connectivity index (χ2n) is 5.38. The molecule has 1 aliphatic heterocycles. The zero-order chi connectivity index (χ0) is 15.4. The predicted molar refractivity (Wildman–Crippen MR) is 104 cm³/mol. The Morgan fingerprint density at radius 3 is 2.83 bits per heavy atom. The molecule has 23 heavy (non-hydrogen) atoms. The van der Waals surface area contributed by atoms with Crippen LogP contribution >= 0.6 is 24.0 Å². The first-order valence-electron chi connectivity index (χ1n) is 7.58. The zero-order valence-electron chi connectivity index (χ0n) is 13.1. The summed E-state index contributed by atoms with van der Waals surface area (Å²) in [6.07, 6.45) is 1.81. The van der Waals surface area contributed by atoms with Gasteiger partial charge in [-0.25, -0.2) is 4.39 Å². The van der Waals surface area contributed by atoms with E-state index in [1.54, 1.807) is 19.2 Å². The summed E-state index contributed by atoms with van der Waals surface area (Å²) in [7, 11) is 1.80. The van der Waals surface area contributed by atoms with Gasteiger partial charge in [-0.2, -0.15) is 0 Å². The van der Waals surface area contributed by atoms with Crippen LogP contribution in [0, 0.1) is 5.82 Å². The van der Waals surface area contributed by atoms with E-state index >= 15 is 0 Å². The SMILES string of the molecule is CN=C(NCCc1cccc(F)c1)N1CCc2ccccc21.I. The topological polar surface area (TPSA) is 27.6 Å². The van der Waals surface area contributed by atoms with E-state index in [9.17, 15) is 4.39 Å². The first kappa shape index (κ1) is 17.7. The van der Waals surface area contributed by atoms with Crippen LogP contribution in [-0.4, -0.2) is 26.1 Å². The zero-order valence-corrected chi connectivity index (χ0v) is 15.5. The number of halogens is 2. The lowest BCUT2D eigenvalue weighted by Gasteiger charge is -2.22. The predicted octanol–water partition coefficient (Wildman–Crippen LogP) is 3.62. The standard InChI is InChI=1S/C18H20FN3.HI/c1-20-18(21-11-9-14-5-4-7-16(19)13-14)22-12-10-15-6-2-3-8-17(15)22;/h2-8,13H,9-12H2,1H3,(H,20,21);1H. The molecule has 0 saturated heterocycles. The number of hydrogen-bond acceptors (Lipinski definition) is 1. The number of hydrogen-bond donors (Lipinski definition) is 1. The number of nitrogens with zero attached hydrogens (tertiary/aromatic N) is 2. The molecule has 0 aromatic heterocycles. The van der Waals surface area contributed by atoms with Crippen LogP contribution in [0.5, 0.6) is 0 Å². The van der Waals surface area contributed by atoms with Crippen molar-refractivity contribution < 1.29 is 4.39 Å². The molecule has 2 aromatic carbocycles. The van der Waals surface area contributed by atoms with E-state index < -0.39 is 0 Å². The third-order valence-electron chi connectivity index (χ3n) is 3.94. The molecule has 1 aliphatic rings. The van der Waals surface area contributed by atoms with Crippen LogP contribution in [0.1, 0.15) is 11.1 Å². The van der Waals surface area contributed by atoms with Crippen LogP contribution in [0.15, 0.2) is 53.5 Å². The highest BCUT2D eigenvalue weighted by Crippen LogP contribution is 2.27. The van der Waals surface area contributed by atoms with Gasteiger partial charge in [-0.05, 0) is 42.2 Å². The normalized spacial score (nSPS) is 13.5. The maximum atomic E-state index is 13.2. The van der Waals surface area contributed by atoms with Gasteiger partial charge in [0.15, 0.2) is 5.96 Å². The largest absolute Gasteiger partial charge is 0.356 e. The average Bonchev–Trinajstić information content (AvgIpc) is 2.96. The van der Waals surface area contributed by atoms with E-state index in [-0.39, 0.29) is 29.8 Å². The number of guanidine groups is 1. The lowest BCUT2D eigenvalue weighted by molar-refractivity contribution is 0.625. The minimum atomic E-state index is -0.185. The number of aliphatic imine (C=N–C) groups is 1. The minimum absolute atomic E-state index is 0. The summed E-state index contributed by atoms with van der Waals surface area (Å²) in [6, 6.07) is 15.2. The van der Waals surface area contributed by atoms with Crippen molar-refractivity contribution in [2.75, 3.05) is 25.0 Å². The summed E-state index contributed by atoms with van der Waals surface area (Å²) in [6.45, 7) is 1.67. The minimum Gasteiger partial charge on any atom is -0.356 e. The molecule has 3 nitrogen and oxygen atoms in total. The summed E-state index contributed by atoms with van der Waals surface area (Å²) in [5.41, 5.74) is 3.57. The molecule has 1 N–H and O–H groups in total. The first-order chi connectivity index (χ1) is 10.8. The molecule has 0 spiro atoms. The van der Waals surface area contributed by atoms with Crippen molar-refractivity contribution in [1.29, 1.82) is 0 Å². The summed E-state index contributed by atoms with van der Waals surface area (Å²) in [4.78, 5) is 6.58. The maximum absolute atomic E-state index is 13.2. The van der Waals surface area contributed by atoms with E-state index in [1.165, 1.54) is 17.3 Å². The van der Waals surface area contributed by atoms with Gasteiger partial charge in [-0.15, -0.1) is 24.0 Å². The summed E-state index contributed by atoms with van der Waals surface area (Å²) in [5, 5.41) is 3.37. The Kier molecular flexibility index (Phi) is 6.38. The highest BCUT2D eigenvalue weighted by atomic mass is 127. The van der Waals surface area contributed by atoms with Crippen molar-refractivity contribution in [3.05, 3.63) is 65.5 Å². The van der Waals surface area contributed by atoms with Gasteiger partial charge >= 0.3 is 0 Å². The van der Waals surface area contributed by atoms with Crippen LogP contribution in [0.4, 0.5) is 10.1 Å². The highest BCUT2D eigenvalue weighted by Gasteiger charge is 2.21. The molecule has 0 unspecified atom stereocenters. The highest BCUT2D eigenvalue weighted by molar-refractivity contribution is 14.0. The molecule has 1 heterocycles. The molecule has 5 heteroatoms. The van der Waals surface area contributed by atoms with Gasteiger partial charge in [-0.1, -0.05) is 30.3 Å². The lowest BCUT2D eigenvalue weighted by atomic mass is 10.1. The van der Waals surface area contributed by atoms with Gasteiger partial charge < -0.3 is 10.2 Å². The van der Waals surface area contributed by atoms with Crippen LogP contribution in [-0.2, 0) is 12.8 Å². The summed E-state index contributed by atoms with van der Waals surface area (Å²) in [5.74, 6) is 0.691. The Morgan fingerprint density at radius 1 is 1.22 bits per heavy atom. The van der Waals surface area contributed by atoms with Gasteiger partial charge in [0.05, 0.1) is 0 Å². The molecular weight excluding hydrogens is 404 g/mol. The monoisotopic (exact) mass is 425 g/mol. The molecule has 0 amide bonds. The van der Waals surface area contributed by atoms with E-state index in [1.807, 2.05) is 6.07 Å². The van der Waals surface area contributed by atoms with E-state index in [4.69, 9.17) is 0 Å². The van der Waals surface area contributed by atoms with Crippen molar-refractivity contribution in [3.8, 4) is 0 Å². The average molecular weight is 425 g/mol. The molecule has 0 saturated carbocycles. The fourth-order valence-electron chi connectivity index (χ4n) is 2.86. The van der Waals surface area contributed by atoms with Gasteiger partial charge in [0.1, 0.15) is 5.82 Å². The van der Waals surface area contributed by atoms with Crippen molar-refractivity contribution in [3.63, 3.8) is 0 Å². The number of nitrogens with one attached hydrogen (secondary N) is 1. The number of rotatable bonds is 3. The van der Waals surface area contributed by atoms with Gasteiger partial charge in [0.2, 0.25) is 0 Å². The third kappa shape index (κ3) is 4.22. The number of fused-ring (bicyclic) bond motifs is 1. The second kappa shape index (κ2) is 8.29. The van der Waals surface area contributed by atoms with Crippen LogP contribution in [0.2, 0.25) is 0 Å². The number of benzene rings is 2. The fraction of sp³-hybridized carbons (Fsp3) is 0.278. The Labute approximate surface area is 153 Å². The molecule has 0 radical (unpaired) electrons. The third-order valence-corrected chi connectivity index (χ3v) is 3.94. The number of anilines is 1. The van der Waals surface area contributed by atoms with Crippen molar-refractivity contribution in [1.82, 2.24) is 5.32 Å². The molecule has 0 fully saturated rings. The molecule has 0 atom stereocenters. The van der Waals surface area contributed by atoms with Crippen LogP contribution < -0.4 is 10.2 Å². The quantitative estimate of drug-likeness (QED) is 0.462. The Bertz CT molecular complexity index is 687. The lowest BCUT2D eigenvalue weighted by Crippen LogP contribution is -2.41. The second-order valence-corrected chi connectivity index (χ2v) is 5.38. The fourth-order valence-corrected chi connectivity index (χ4v) is 2.86.